The van der Waals surface area contributed by atoms with Gasteiger partial charge < -0.3 is 14.7 Å². The van der Waals surface area contributed by atoms with Gasteiger partial charge in [0.15, 0.2) is 0 Å². The summed E-state index contributed by atoms with van der Waals surface area (Å²) in [5.41, 5.74) is -1.07. The van der Waals surface area contributed by atoms with Crippen LogP contribution in [-0.4, -0.2) is 61.5 Å². The van der Waals surface area contributed by atoms with Gasteiger partial charge in [0.05, 0.1) is 23.5 Å². The SMILES string of the molecule is CCOC(=O)CN(C(=O)[C@H](CC(=O)O)NS(=O)(=O)c1ccc(C(F)(F)F)cc1)C1CC1. The largest absolute Gasteiger partial charge is 0.481 e. The summed E-state index contributed by atoms with van der Waals surface area (Å²) in [5, 5.41) is 9.11. The number of nitrogens with one attached hydrogen (secondary N) is 1. The summed E-state index contributed by atoms with van der Waals surface area (Å²) in [6, 6.07) is 0.387. The Kier molecular flexibility index (Phi) is 7.65. The molecule has 1 saturated carbocycles. The zero-order valence-corrected chi connectivity index (χ0v) is 17.2. The summed E-state index contributed by atoms with van der Waals surface area (Å²) in [6.45, 7) is 1.15. The molecule has 2 rings (SSSR count). The van der Waals surface area contributed by atoms with Crippen molar-refractivity contribution in [2.75, 3.05) is 13.2 Å². The van der Waals surface area contributed by atoms with Gasteiger partial charge in [-0.3, -0.25) is 14.4 Å². The first kappa shape index (κ1) is 24.6. The number of carbonyl (C=O) groups is 3. The highest BCUT2D eigenvalue weighted by atomic mass is 32.2. The van der Waals surface area contributed by atoms with Crippen molar-refractivity contribution in [3.63, 3.8) is 0 Å². The zero-order chi connectivity index (χ0) is 23.4. The van der Waals surface area contributed by atoms with Gasteiger partial charge in [-0.2, -0.15) is 17.9 Å². The lowest BCUT2D eigenvalue weighted by molar-refractivity contribution is -0.150. The number of nitrogens with zero attached hydrogens (tertiary/aromatic N) is 1. The van der Waals surface area contributed by atoms with Crippen LogP contribution in [0.5, 0.6) is 0 Å². The Morgan fingerprint density at radius 3 is 2.26 bits per heavy atom. The number of halogens is 3. The molecule has 0 heterocycles. The molecule has 0 saturated heterocycles. The molecule has 13 heteroatoms. The van der Waals surface area contributed by atoms with Crippen molar-refractivity contribution in [2.24, 2.45) is 0 Å². The van der Waals surface area contributed by atoms with Gasteiger partial charge in [-0.15, -0.1) is 0 Å². The number of alkyl halides is 3. The lowest BCUT2D eigenvalue weighted by Crippen LogP contribution is -2.51. The number of esters is 1. The highest BCUT2D eigenvalue weighted by Crippen LogP contribution is 2.30. The van der Waals surface area contributed by atoms with Crippen LogP contribution in [0.4, 0.5) is 13.2 Å². The molecular formula is C18H21F3N2O7S. The number of benzene rings is 1. The Labute approximate surface area is 176 Å². The fourth-order valence-corrected chi connectivity index (χ4v) is 3.94. The second-order valence-electron chi connectivity index (χ2n) is 6.80. The minimum atomic E-state index is -4.67. The monoisotopic (exact) mass is 466 g/mol. The molecule has 1 aliphatic rings. The van der Waals surface area contributed by atoms with E-state index in [0.717, 1.165) is 4.90 Å². The zero-order valence-electron chi connectivity index (χ0n) is 16.4. The third-order valence-corrected chi connectivity index (χ3v) is 5.83. The molecule has 1 aromatic rings. The van der Waals surface area contributed by atoms with Gasteiger partial charge in [0, 0.05) is 6.04 Å². The van der Waals surface area contributed by atoms with Gasteiger partial charge in [0.2, 0.25) is 15.9 Å². The normalized spacial score (nSPS) is 15.2. The molecular weight excluding hydrogens is 445 g/mol. The van der Waals surface area contributed by atoms with Crippen LogP contribution in [0, 0.1) is 0 Å². The van der Waals surface area contributed by atoms with Crippen LogP contribution in [0.3, 0.4) is 0 Å². The van der Waals surface area contributed by atoms with Crippen LogP contribution in [0.15, 0.2) is 29.2 Å². The molecule has 2 N–H and O–H groups in total. The first-order chi connectivity index (χ1) is 14.3. The van der Waals surface area contributed by atoms with Crippen LogP contribution >= 0.6 is 0 Å². The van der Waals surface area contributed by atoms with Crippen molar-refractivity contribution < 1.29 is 45.8 Å². The Balaban J connectivity index is 2.25. The average Bonchev–Trinajstić information content (AvgIpc) is 3.49. The van der Waals surface area contributed by atoms with E-state index in [1.54, 1.807) is 6.92 Å². The Morgan fingerprint density at radius 1 is 1.23 bits per heavy atom. The molecule has 1 aromatic carbocycles. The summed E-state index contributed by atoms with van der Waals surface area (Å²) in [4.78, 5) is 36.3. The number of carbonyl (C=O) groups excluding carboxylic acids is 2. The van der Waals surface area contributed by atoms with Crippen LogP contribution in [0.1, 0.15) is 31.7 Å². The minimum Gasteiger partial charge on any atom is -0.481 e. The van der Waals surface area contributed by atoms with E-state index in [0.29, 0.717) is 37.1 Å². The van der Waals surface area contributed by atoms with E-state index >= 15 is 0 Å². The van der Waals surface area contributed by atoms with Gasteiger partial charge in [0.1, 0.15) is 12.6 Å². The fourth-order valence-electron chi connectivity index (χ4n) is 2.75. The number of hydrogen-bond donors (Lipinski definition) is 2. The van der Waals surface area contributed by atoms with Crippen molar-refractivity contribution in [1.29, 1.82) is 0 Å². The first-order valence-electron chi connectivity index (χ1n) is 9.22. The van der Waals surface area contributed by atoms with Crippen molar-refractivity contribution in [2.45, 2.75) is 49.3 Å². The number of hydrogen-bond acceptors (Lipinski definition) is 6. The Morgan fingerprint density at radius 2 is 1.81 bits per heavy atom. The van der Waals surface area contributed by atoms with E-state index in [-0.39, 0.29) is 12.6 Å². The van der Waals surface area contributed by atoms with Gasteiger partial charge in [-0.1, -0.05) is 0 Å². The van der Waals surface area contributed by atoms with Crippen LogP contribution < -0.4 is 4.72 Å². The second kappa shape index (κ2) is 9.64. The van der Waals surface area contributed by atoms with E-state index in [1.807, 2.05) is 4.72 Å². The van der Waals surface area contributed by atoms with Gasteiger partial charge in [-0.05, 0) is 44.0 Å². The van der Waals surface area contributed by atoms with Crippen LogP contribution in [0.2, 0.25) is 0 Å². The summed E-state index contributed by atoms with van der Waals surface area (Å²) in [5.74, 6) is -3.16. The third-order valence-electron chi connectivity index (χ3n) is 4.34. The summed E-state index contributed by atoms with van der Waals surface area (Å²) in [7, 11) is -4.53. The van der Waals surface area contributed by atoms with Gasteiger partial charge in [-0.25, -0.2) is 8.42 Å². The van der Waals surface area contributed by atoms with Crippen molar-refractivity contribution in [3.05, 3.63) is 29.8 Å². The molecule has 0 bridgehead atoms. The van der Waals surface area contributed by atoms with E-state index in [9.17, 15) is 36.0 Å². The second-order valence-corrected chi connectivity index (χ2v) is 8.51. The maximum atomic E-state index is 12.9. The van der Waals surface area contributed by atoms with E-state index in [2.05, 4.69) is 0 Å². The Bertz CT molecular complexity index is 928. The molecule has 0 aromatic heterocycles. The molecule has 1 aliphatic carbocycles. The molecule has 0 unspecified atom stereocenters. The molecule has 0 aliphatic heterocycles. The molecule has 1 atom stereocenters. The predicted molar refractivity (Wildman–Crippen MR) is 99.2 cm³/mol. The number of ether oxygens (including phenoxy) is 1. The van der Waals surface area contributed by atoms with Gasteiger partial charge >= 0.3 is 18.1 Å². The molecule has 31 heavy (non-hydrogen) atoms. The highest BCUT2D eigenvalue weighted by molar-refractivity contribution is 7.89. The topological polar surface area (TPSA) is 130 Å². The molecule has 1 fully saturated rings. The predicted octanol–water partition coefficient (Wildman–Crippen LogP) is 1.38. The van der Waals surface area contributed by atoms with Crippen LogP contribution in [0.25, 0.3) is 0 Å². The fraction of sp³-hybridized carbons (Fsp3) is 0.500. The number of amides is 1. The van der Waals surface area contributed by atoms with Crippen molar-refractivity contribution in [3.8, 4) is 0 Å². The minimum absolute atomic E-state index is 0.0602. The molecule has 9 nitrogen and oxygen atoms in total. The van der Waals surface area contributed by atoms with Crippen molar-refractivity contribution in [1.82, 2.24) is 9.62 Å². The maximum Gasteiger partial charge on any atom is 0.416 e. The number of carboxylic acids is 1. The molecule has 0 spiro atoms. The Hall–Kier alpha value is -2.67. The average molecular weight is 466 g/mol. The standard InChI is InChI=1S/C18H21F3N2O7S/c1-2-30-16(26)10-23(12-5-6-12)17(27)14(9-15(24)25)22-31(28,29)13-7-3-11(4-8-13)18(19,20)21/h3-4,7-8,12,14,22H,2,5-6,9-10H2,1H3,(H,24,25)/t14-/m0/s1. The first-order valence-corrected chi connectivity index (χ1v) is 10.7. The quantitative estimate of drug-likeness (QED) is 0.498. The van der Waals surface area contributed by atoms with E-state index in [4.69, 9.17) is 9.84 Å². The van der Waals surface area contributed by atoms with E-state index < -0.39 is 63.5 Å². The highest BCUT2D eigenvalue weighted by Gasteiger charge is 2.39. The summed E-state index contributed by atoms with van der Waals surface area (Å²) in [6.07, 6.45) is -4.49. The lowest BCUT2D eigenvalue weighted by atomic mass is 10.2. The van der Waals surface area contributed by atoms with Crippen molar-refractivity contribution >= 4 is 27.9 Å². The number of rotatable bonds is 10. The number of sulfonamides is 1. The lowest BCUT2D eigenvalue weighted by Gasteiger charge is -2.26. The molecule has 0 radical (unpaired) electrons. The molecule has 172 valence electrons. The maximum absolute atomic E-state index is 12.9. The van der Waals surface area contributed by atoms with Gasteiger partial charge in [0.25, 0.3) is 0 Å². The smallest absolute Gasteiger partial charge is 0.416 e. The summed E-state index contributed by atoms with van der Waals surface area (Å²) >= 11 is 0. The summed E-state index contributed by atoms with van der Waals surface area (Å²) < 4.78 is 69.9. The molecule has 1 amide bonds. The number of aliphatic carboxylic acids is 1. The van der Waals surface area contributed by atoms with Crippen LogP contribution in [-0.2, 0) is 35.3 Å². The number of carboxylic acid groups (broad SMARTS) is 1. The van der Waals surface area contributed by atoms with E-state index in [1.165, 1.54) is 0 Å². The third kappa shape index (κ3) is 6.92.